The topological polar surface area (TPSA) is 0 Å². The molecule has 1 aromatic carbocycles. The van der Waals surface area contributed by atoms with Crippen LogP contribution >= 0.6 is 23.2 Å². The summed E-state index contributed by atoms with van der Waals surface area (Å²) >= 11 is 11.5. The molecule has 0 saturated carbocycles. The monoisotopic (exact) mass is 206 g/mol. The van der Waals surface area contributed by atoms with Gasteiger partial charge in [0.1, 0.15) is 5.67 Å². The zero-order valence-electron chi connectivity index (χ0n) is 6.87. The first kappa shape index (κ1) is 9.82. The van der Waals surface area contributed by atoms with E-state index >= 15 is 0 Å². The van der Waals surface area contributed by atoms with Gasteiger partial charge in [0.15, 0.2) is 0 Å². The van der Waals surface area contributed by atoms with Crippen molar-refractivity contribution in [3.8, 4) is 0 Å². The van der Waals surface area contributed by atoms with Crippen LogP contribution in [0.25, 0.3) is 0 Å². The van der Waals surface area contributed by atoms with Gasteiger partial charge < -0.3 is 0 Å². The molecule has 0 unspecified atom stereocenters. The molecule has 0 nitrogen and oxygen atoms in total. The highest BCUT2D eigenvalue weighted by Crippen LogP contribution is 2.32. The third kappa shape index (κ3) is 2.11. The average Bonchev–Trinajstić information content (AvgIpc) is 1.92. The SMILES string of the molecule is CC(C)(F)c1cc(Cl)ccc1Cl. The standard InChI is InChI=1S/C9H9Cl2F/c1-9(2,12)7-5-6(10)3-4-8(7)11/h3-5H,1-2H3. The highest BCUT2D eigenvalue weighted by Gasteiger charge is 2.21. The van der Waals surface area contributed by atoms with E-state index in [0.717, 1.165) is 0 Å². The largest absolute Gasteiger partial charge is 0.239 e. The first-order chi connectivity index (χ1) is 5.41. The van der Waals surface area contributed by atoms with Crippen molar-refractivity contribution in [2.45, 2.75) is 19.5 Å². The Hall–Kier alpha value is -0.270. The minimum atomic E-state index is -1.44. The van der Waals surface area contributed by atoms with Crippen LogP contribution in [0.5, 0.6) is 0 Å². The lowest BCUT2D eigenvalue weighted by molar-refractivity contribution is 0.221. The van der Waals surface area contributed by atoms with E-state index in [0.29, 0.717) is 15.6 Å². The van der Waals surface area contributed by atoms with Gasteiger partial charge in [-0.2, -0.15) is 0 Å². The highest BCUT2D eigenvalue weighted by atomic mass is 35.5. The van der Waals surface area contributed by atoms with Crippen LogP contribution < -0.4 is 0 Å². The molecule has 1 rings (SSSR count). The molecule has 0 radical (unpaired) electrons. The minimum Gasteiger partial charge on any atom is -0.239 e. The molecule has 0 aliphatic heterocycles. The summed E-state index contributed by atoms with van der Waals surface area (Å²) in [4.78, 5) is 0. The lowest BCUT2D eigenvalue weighted by Crippen LogP contribution is -2.09. The zero-order chi connectivity index (χ0) is 9.35. The summed E-state index contributed by atoms with van der Waals surface area (Å²) in [5, 5.41) is 0.909. The van der Waals surface area contributed by atoms with Gasteiger partial charge in [-0.25, -0.2) is 4.39 Å². The second-order valence-electron chi connectivity index (χ2n) is 3.10. The normalized spacial score (nSPS) is 11.8. The molecule has 0 spiro atoms. The van der Waals surface area contributed by atoms with Crippen LogP contribution in [0.15, 0.2) is 18.2 Å². The van der Waals surface area contributed by atoms with Crippen LogP contribution in [0.4, 0.5) is 4.39 Å². The molecule has 66 valence electrons. The fraction of sp³-hybridized carbons (Fsp3) is 0.333. The molecule has 0 bridgehead atoms. The summed E-state index contributed by atoms with van der Waals surface area (Å²) in [7, 11) is 0. The maximum Gasteiger partial charge on any atom is 0.131 e. The number of benzene rings is 1. The Morgan fingerprint density at radius 1 is 1.25 bits per heavy atom. The Balaban J connectivity index is 3.23. The van der Waals surface area contributed by atoms with E-state index in [9.17, 15) is 4.39 Å². The highest BCUT2D eigenvalue weighted by molar-refractivity contribution is 6.33. The first-order valence-corrected chi connectivity index (χ1v) is 4.31. The van der Waals surface area contributed by atoms with E-state index in [2.05, 4.69) is 0 Å². The van der Waals surface area contributed by atoms with Gasteiger partial charge in [0.2, 0.25) is 0 Å². The maximum atomic E-state index is 13.4. The van der Waals surface area contributed by atoms with Crippen LogP contribution in [0.1, 0.15) is 19.4 Å². The molecule has 3 heteroatoms. The van der Waals surface area contributed by atoms with E-state index < -0.39 is 5.67 Å². The number of hydrogen-bond donors (Lipinski definition) is 0. The van der Waals surface area contributed by atoms with Crippen LogP contribution in [-0.2, 0) is 5.67 Å². The van der Waals surface area contributed by atoms with E-state index in [4.69, 9.17) is 23.2 Å². The Bertz CT molecular complexity index is 289. The van der Waals surface area contributed by atoms with Crippen molar-refractivity contribution in [1.29, 1.82) is 0 Å². The van der Waals surface area contributed by atoms with Gasteiger partial charge in [0, 0.05) is 15.6 Å². The maximum absolute atomic E-state index is 13.4. The van der Waals surface area contributed by atoms with Gasteiger partial charge in [-0.15, -0.1) is 0 Å². The second-order valence-corrected chi connectivity index (χ2v) is 3.94. The summed E-state index contributed by atoms with van der Waals surface area (Å²) in [5.74, 6) is 0. The lowest BCUT2D eigenvalue weighted by atomic mass is 10.0. The van der Waals surface area contributed by atoms with E-state index in [1.165, 1.54) is 13.8 Å². The molecule has 0 atom stereocenters. The average molecular weight is 207 g/mol. The quantitative estimate of drug-likeness (QED) is 0.647. The van der Waals surface area contributed by atoms with E-state index in [1.54, 1.807) is 18.2 Å². The number of rotatable bonds is 1. The van der Waals surface area contributed by atoms with Crippen molar-refractivity contribution < 1.29 is 4.39 Å². The van der Waals surface area contributed by atoms with Gasteiger partial charge >= 0.3 is 0 Å². The Labute approximate surface area is 81.3 Å². The summed E-state index contributed by atoms with van der Waals surface area (Å²) in [5.41, 5.74) is -1.02. The molecule has 0 aromatic heterocycles. The molecule has 0 N–H and O–H groups in total. The third-order valence-corrected chi connectivity index (χ3v) is 2.13. The first-order valence-electron chi connectivity index (χ1n) is 3.55. The van der Waals surface area contributed by atoms with E-state index in [-0.39, 0.29) is 0 Å². The van der Waals surface area contributed by atoms with Gasteiger partial charge in [0.25, 0.3) is 0 Å². The third-order valence-electron chi connectivity index (χ3n) is 1.57. The predicted octanol–water partition coefficient (Wildman–Crippen LogP) is 4.20. The van der Waals surface area contributed by atoms with Crippen LogP contribution in [0.2, 0.25) is 10.0 Å². The summed E-state index contributed by atoms with van der Waals surface area (Å²) in [6.07, 6.45) is 0. The molecule has 0 fully saturated rings. The number of alkyl halides is 1. The second kappa shape index (κ2) is 3.23. The molecule has 0 saturated heterocycles. The predicted molar refractivity (Wildman–Crippen MR) is 50.6 cm³/mol. The van der Waals surface area contributed by atoms with Gasteiger partial charge in [-0.1, -0.05) is 23.2 Å². The Kier molecular flexibility index (Phi) is 2.64. The lowest BCUT2D eigenvalue weighted by Gasteiger charge is -2.16. The summed E-state index contributed by atoms with van der Waals surface area (Å²) in [6.45, 7) is 2.90. The molecule has 12 heavy (non-hydrogen) atoms. The summed E-state index contributed by atoms with van der Waals surface area (Å²) < 4.78 is 13.4. The molecule has 1 aromatic rings. The molecular formula is C9H9Cl2F. The van der Waals surface area contributed by atoms with Crippen LogP contribution in [-0.4, -0.2) is 0 Å². The van der Waals surface area contributed by atoms with Crippen LogP contribution in [0.3, 0.4) is 0 Å². The Morgan fingerprint density at radius 2 is 1.83 bits per heavy atom. The van der Waals surface area contributed by atoms with E-state index in [1.807, 2.05) is 0 Å². The molecule has 0 amide bonds. The minimum absolute atomic E-state index is 0.409. The molecule has 0 aliphatic rings. The smallest absolute Gasteiger partial charge is 0.131 e. The van der Waals surface area contributed by atoms with Gasteiger partial charge in [-0.3, -0.25) is 0 Å². The van der Waals surface area contributed by atoms with Crippen LogP contribution in [0, 0.1) is 0 Å². The fourth-order valence-corrected chi connectivity index (χ4v) is 1.47. The molecular weight excluding hydrogens is 198 g/mol. The Morgan fingerprint density at radius 3 is 2.25 bits per heavy atom. The fourth-order valence-electron chi connectivity index (χ4n) is 0.953. The van der Waals surface area contributed by atoms with Crippen molar-refractivity contribution in [2.75, 3.05) is 0 Å². The number of hydrogen-bond acceptors (Lipinski definition) is 0. The zero-order valence-corrected chi connectivity index (χ0v) is 8.38. The molecule has 0 aliphatic carbocycles. The molecule has 0 heterocycles. The van der Waals surface area contributed by atoms with Crippen molar-refractivity contribution >= 4 is 23.2 Å². The van der Waals surface area contributed by atoms with Crippen molar-refractivity contribution in [2.24, 2.45) is 0 Å². The van der Waals surface area contributed by atoms with Crippen molar-refractivity contribution in [3.63, 3.8) is 0 Å². The van der Waals surface area contributed by atoms with Gasteiger partial charge in [0.05, 0.1) is 0 Å². The summed E-state index contributed by atoms with van der Waals surface area (Å²) in [6, 6.07) is 4.78. The van der Waals surface area contributed by atoms with Crippen molar-refractivity contribution in [3.05, 3.63) is 33.8 Å². The van der Waals surface area contributed by atoms with Gasteiger partial charge in [-0.05, 0) is 32.0 Å². The number of halogens is 3. The van der Waals surface area contributed by atoms with Crippen molar-refractivity contribution in [1.82, 2.24) is 0 Å².